The monoisotopic (exact) mass is 759 g/mol. The first-order valence-electron chi connectivity index (χ1n) is 18.7. The summed E-state index contributed by atoms with van der Waals surface area (Å²) < 4.78 is 18.9. The molecule has 0 saturated carbocycles. The number of carbonyl (C=O) groups excluding carboxylic acids is 2. The Kier molecular flexibility index (Phi) is 14.4. The van der Waals surface area contributed by atoms with Crippen LogP contribution in [0.25, 0.3) is 11.1 Å². The van der Waals surface area contributed by atoms with Crippen molar-refractivity contribution in [2.45, 2.75) is 75.1 Å². The summed E-state index contributed by atoms with van der Waals surface area (Å²) in [6, 6.07) is 39.5. The van der Waals surface area contributed by atoms with Gasteiger partial charge in [0.2, 0.25) is 11.8 Å². The van der Waals surface area contributed by atoms with Crippen LogP contribution in [0.4, 0.5) is 11.4 Å². The molecule has 5 N–H and O–H groups in total. The molecule has 0 aromatic heterocycles. The number of benzene rings is 5. The maximum atomic E-state index is 12.7. The van der Waals surface area contributed by atoms with Crippen LogP contribution >= 0.6 is 11.8 Å². The Morgan fingerprint density at radius 1 is 0.782 bits per heavy atom. The molecule has 0 spiro atoms. The smallest absolute Gasteiger partial charge is 0.224 e. The fourth-order valence-electron chi connectivity index (χ4n) is 6.53. The van der Waals surface area contributed by atoms with Gasteiger partial charge in [-0.25, -0.2) is 0 Å². The third-order valence-corrected chi connectivity index (χ3v) is 10.7. The van der Waals surface area contributed by atoms with Crippen molar-refractivity contribution in [2.75, 3.05) is 23.9 Å². The standard InChI is InChI=1S/C45H49N3O6S/c1-52-40-17-7-8-18-42(40)55-30-37-27-41(33-23-21-31(29-49)22-24-33)54-45(53-37)36-14-10-13-35(26-36)34-12-9-11-32(25-34)28-47-43(50)19-3-2-4-20-44(51)48-39-16-6-5-15-38(39)46/h5-18,21-26,37,41,45,49H,2-4,19-20,27-30,46H2,1H3,(H,47,50)(H,48,51)/t37-,41+,45+/m1/s1. The summed E-state index contributed by atoms with van der Waals surface area (Å²) in [6.45, 7) is 0.413. The summed E-state index contributed by atoms with van der Waals surface area (Å²) >= 11 is 1.71. The molecule has 1 saturated heterocycles. The number of carbonyl (C=O) groups is 2. The van der Waals surface area contributed by atoms with Crippen molar-refractivity contribution in [3.63, 3.8) is 0 Å². The molecule has 9 nitrogen and oxygen atoms in total. The number of unbranched alkanes of at least 4 members (excludes halogenated alkanes) is 2. The highest BCUT2D eigenvalue weighted by atomic mass is 32.2. The van der Waals surface area contributed by atoms with Crippen LogP contribution in [0.2, 0.25) is 0 Å². The van der Waals surface area contributed by atoms with Crippen molar-refractivity contribution >= 4 is 35.0 Å². The van der Waals surface area contributed by atoms with Crippen molar-refractivity contribution < 1.29 is 28.9 Å². The van der Waals surface area contributed by atoms with Crippen molar-refractivity contribution in [3.05, 3.63) is 144 Å². The minimum atomic E-state index is -0.584. The normalized spacial score (nSPS) is 16.7. The number of amides is 2. The second-order valence-corrected chi connectivity index (χ2v) is 14.7. The summed E-state index contributed by atoms with van der Waals surface area (Å²) in [4.78, 5) is 26.0. The van der Waals surface area contributed by atoms with Gasteiger partial charge in [-0.15, -0.1) is 11.8 Å². The highest BCUT2D eigenvalue weighted by Gasteiger charge is 2.32. The van der Waals surface area contributed by atoms with Gasteiger partial charge < -0.3 is 35.7 Å². The molecule has 1 aliphatic rings. The van der Waals surface area contributed by atoms with Gasteiger partial charge in [-0.05, 0) is 77.1 Å². The number of thioether (sulfide) groups is 1. The molecular weight excluding hydrogens is 711 g/mol. The second-order valence-electron chi connectivity index (χ2n) is 13.6. The SMILES string of the molecule is COc1ccccc1SC[C@H]1C[C@@H](c2ccc(CO)cc2)O[C@@H](c2cccc(-c3cccc(CNC(=O)CCCCCC(=O)Nc4ccccc4N)c3)c2)O1. The number of methoxy groups -OCH3 is 1. The van der Waals surface area contributed by atoms with Gasteiger partial charge in [-0.1, -0.05) is 91.3 Å². The second kappa shape index (κ2) is 20.0. The maximum absolute atomic E-state index is 12.7. The average Bonchev–Trinajstić information content (AvgIpc) is 3.23. The Balaban J connectivity index is 1.04. The largest absolute Gasteiger partial charge is 0.496 e. The topological polar surface area (TPSA) is 132 Å². The number of nitrogens with two attached hydrogens (primary N) is 1. The summed E-state index contributed by atoms with van der Waals surface area (Å²) in [7, 11) is 1.69. The molecule has 5 aromatic carbocycles. The van der Waals surface area contributed by atoms with Crippen LogP contribution < -0.4 is 21.1 Å². The molecule has 1 heterocycles. The summed E-state index contributed by atoms with van der Waals surface area (Å²) in [5.74, 6) is 1.47. The zero-order valence-electron chi connectivity index (χ0n) is 31.1. The van der Waals surface area contributed by atoms with E-state index in [-0.39, 0.29) is 30.6 Å². The van der Waals surface area contributed by atoms with E-state index < -0.39 is 6.29 Å². The Hall–Kier alpha value is -5.13. The van der Waals surface area contributed by atoms with E-state index in [1.807, 2.05) is 78.9 Å². The Bertz CT molecular complexity index is 2020. The van der Waals surface area contributed by atoms with Gasteiger partial charge in [0.15, 0.2) is 6.29 Å². The van der Waals surface area contributed by atoms with Gasteiger partial charge in [0.05, 0.1) is 37.3 Å². The number of para-hydroxylation sites is 3. The Morgan fingerprint density at radius 2 is 1.51 bits per heavy atom. The van der Waals surface area contributed by atoms with E-state index in [9.17, 15) is 14.7 Å². The summed E-state index contributed by atoms with van der Waals surface area (Å²) in [5.41, 5.74) is 12.9. The molecule has 10 heteroatoms. The molecule has 6 rings (SSSR count). The number of aliphatic hydroxyl groups is 1. The first kappa shape index (κ1) is 39.6. The number of nitrogen functional groups attached to an aromatic ring is 1. The maximum Gasteiger partial charge on any atom is 0.224 e. The lowest BCUT2D eigenvalue weighted by molar-refractivity contribution is -0.245. The van der Waals surface area contributed by atoms with E-state index in [0.29, 0.717) is 50.0 Å². The van der Waals surface area contributed by atoms with Gasteiger partial charge in [0.1, 0.15) is 5.75 Å². The van der Waals surface area contributed by atoms with Gasteiger partial charge in [0, 0.05) is 42.0 Å². The first-order chi connectivity index (χ1) is 26.9. The van der Waals surface area contributed by atoms with E-state index in [0.717, 1.165) is 56.2 Å². The lowest BCUT2D eigenvalue weighted by Crippen LogP contribution is -2.31. The molecular formula is C45H49N3O6S. The Morgan fingerprint density at radius 3 is 2.29 bits per heavy atom. The highest BCUT2D eigenvalue weighted by molar-refractivity contribution is 7.99. The van der Waals surface area contributed by atoms with Crippen LogP contribution in [0.1, 0.15) is 73.2 Å². The van der Waals surface area contributed by atoms with Crippen molar-refractivity contribution in [1.82, 2.24) is 5.32 Å². The van der Waals surface area contributed by atoms with Crippen molar-refractivity contribution in [3.8, 4) is 16.9 Å². The lowest BCUT2D eigenvalue weighted by atomic mass is 9.99. The minimum Gasteiger partial charge on any atom is -0.496 e. The summed E-state index contributed by atoms with van der Waals surface area (Å²) in [5, 5.41) is 15.5. The van der Waals surface area contributed by atoms with Gasteiger partial charge in [0.25, 0.3) is 0 Å². The molecule has 3 atom stereocenters. The number of aliphatic hydroxyl groups excluding tert-OH is 1. The van der Waals surface area contributed by atoms with E-state index in [1.54, 1.807) is 31.0 Å². The Labute approximate surface area is 327 Å². The lowest BCUT2D eigenvalue weighted by Gasteiger charge is -2.36. The van der Waals surface area contributed by atoms with Crippen LogP contribution in [0.15, 0.2) is 126 Å². The van der Waals surface area contributed by atoms with Crippen molar-refractivity contribution in [2.24, 2.45) is 0 Å². The minimum absolute atomic E-state index is 0.00830. The first-order valence-corrected chi connectivity index (χ1v) is 19.7. The predicted molar refractivity (Wildman–Crippen MR) is 218 cm³/mol. The molecule has 0 bridgehead atoms. The van der Waals surface area contributed by atoms with E-state index in [4.69, 9.17) is 19.9 Å². The van der Waals surface area contributed by atoms with Crippen LogP contribution in [-0.4, -0.2) is 35.9 Å². The average molecular weight is 760 g/mol. The molecule has 55 heavy (non-hydrogen) atoms. The molecule has 1 aliphatic heterocycles. The number of hydrogen-bond acceptors (Lipinski definition) is 8. The van der Waals surface area contributed by atoms with Crippen molar-refractivity contribution in [1.29, 1.82) is 0 Å². The quantitative estimate of drug-likeness (QED) is 0.0420. The molecule has 2 amide bonds. The van der Waals surface area contributed by atoms with Crippen LogP contribution in [0.3, 0.4) is 0 Å². The third-order valence-electron chi connectivity index (χ3n) is 9.56. The molecule has 0 aliphatic carbocycles. The van der Waals surface area contributed by atoms with Gasteiger partial charge in [-0.3, -0.25) is 9.59 Å². The molecule has 5 aromatic rings. The number of ether oxygens (including phenoxy) is 3. The predicted octanol–water partition coefficient (Wildman–Crippen LogP) is 8.98. The number of anilines is 2. The third kappa shape index (κ3) is 11.4. The van der Waals surface area contributed by atoms with E-state index >= 15 is 0 Å². The number of nitrogens with one attached hydrogen (secondary N) is 2. The zero-order chi connectivity index (χ0) is 38.4. The fraction of sp³-hybridized carbons (Fsp3) is 0.289. The highest BCUT2D eigenvalue weighted by Crippen LogP contribution is 2.41. The zero-order valence-corrected chi connectivity index (χ0v) is 31.9. The van der Waals surface area contributed by atoms with Crippen LogP contribution in [0, 0.1) is 0 Å². The van der Waals surface area contributed by atoms with E-state index in [2.05, 4.69) is 41.0 Å². The van der Waals surface area contributed by atoms with Crippen LogP contribution in [0.5, 0.6) is 5.75 Å². The number of rotatable bonds is 17. The molecule has 1 fully saturated rings. The van der Waals surface area contributed by atoms with E-state index in [1.165, 1.54) is 0 Å². The van der Waals surface area contributed by atoms with Gasteiger partial charge in [-0.2, -0.15) is 0 Å². The number of hydrogen-bond donors (Lipinski definition) is 4. The summed E-state index contributed by atoms with van der Waals surface area (Å²) in [6.07, 6.45) is 2.79. The fourth-order valence-corrected chi connectivity index (χ4v) is 7.58. The van der Waals surface area contributed by atoms with Crippen LogP contribution in [-0.2, 0) is 32.2 Å². The van der Waals surface area contributed by atoms with Gasteiger partial charge >= 0.3 is 0 Å². The molecule has 0 radical (unpaired) electrons. The molecule has 286 valence electrons. The molecule has 0 unspecified atom stereocenters.